The first-order chi connectivity index (χ1) is 16.7. The third kappa shape index (κ3) is 6.31. The molecule has 0 bridgehead atoms. The third-order valence-corrected chi connectivity index (χ3v) is 8.12. The molecule has 1 aliphatic heterocycles. The van der Waals surface area contributed by atoms with Gasteiger partial charge in [-0.05, 0) is 85.5 Å². The van der Waals surface area contributed by atoms with Crippen molar-refractivity contribution < 1.29 is 13.2 Å². The largest absolute Gasteiger partial charge is 0.339 e. The molecule has 0 N–H and O–H groups in total. The number of piperidine rings is 1. The van der Waals surface area contributed by atoms with Gasteiger partial charge in [0.05, 0.1) is 18.5 Å². The van der Waals surface area contributed by atoms with Gasteiger partial charge in [-0.1, -0.05) is 48.5 Å². The first-order valence-electron chi connectivity index (χ1n) is 12.2. The fourth-order valence-electron chi connectivity index (χ4n) is 4.67. The lowest BCUT2D eigenvalue weighted by Gasteiger charge is -2.32. The van der Waals surface area contributed by atoms with E-state index in [4.69, 9.17) is 0 Å². The number of hydrogen-bond acceptors (Lipinski definition) is 3. The zero-order chi connectivity index (χ0) is 25.0. The number of sulfonamides is 1. The van der Waals surface area contributed by atoms with Crippen molar-refractivity contribution in [1.82, 2.24) is 4.90 Å². The first kappa shape index (κ1) is 25.0. The SMILES string of the molecule is Cc1ccc(N(Cc2ccc(C(=O)N3CCC(Cc4ccccc4)CC3)cc2)S(C)(=O)=O)cc1C. The van der Waals surface area contributed by atoms with Crippen molar-refractivity contribution >= 4 is 21.6 Å². The van der Waals surface area contributed by atoms with Crippen molar-refractivity contribution in [1.29, 1.82) is 0 Å². The maximum atomic E-state index is 13.1. The lowest BCUT2D eigenvalue weighted by Crippen LogP contribution is -2.38. The van der Waals surface area contributed by atoms with E-state index in [9.17, 15) is 13.2 Å². The molecule has 3 aromatic rings. The van der Waals surface area contributed by atoms with Gasteiger partial charge in [0.2, 0.25) is 10.0 Å². The number of nitrogens with zero attached hydrogens (tertiary/aromatic N) is 2. The zero-order valence-corrected chi connectivity index (χ0v) is 21.6. The number of hydrogen-bond donors (Lipinski definition) is 0. The van der Waals surface area contributed by atoms with Gasteiger partial charge in [0.1, 0.15) is 0 Å². The summed E-state index contributed by atoms with van der Waals surface area (Å²) >= 11 is 0. The zero-order valence-electron chi connectivity index (χ0n) is 20.8. The first-order valence-corrected chi connectivity index (χ1v) is 14.0. The Hall–Kier alpha value is -3.12. The van der Waals surface area contributed by atoms with Crippen LogP contribution >= 0.6 is 0 Å². The summed E-state index contributed by atoms with van der Waals surface area (Å²) in [4.78, 5) is 15.0. The van der Waals surface area contributed by atoms with E-state index in [1.807, 2.05) is 67.3 Å². The molecule has 1 aliphatic rings. The normalized spacial score (nSPS) is 14.7. The Morgan fingerprint density at radius 2 is 1.54 bits per heavy atom. The highest BCUT2D eigenvalue weighted by Gasteiger charge is 2.24. The Morgan fingerprint density at radius 3 is 2.14 bits per heavy atom. The molecule has 0 saturated carbocycles. The summed E-state index contributed by atoms with van der Waals surface area (Å²) in [5.74, 6) is 0.653. The minimum absolute atomic E-state index is 0.0452. The van der Waals surface area contributed by atoms with E-state index in [0.717, 1.165) is 49.0 Å². The summed E-state index contributed by atoms with van der Waals surface area (Å²) in [6.07, 6.45) is 4.31. The number of likely N-dealkylation sites (tertiary alicyclic amines) is 1. The van der Waals surface area contributed by atoms with Crippen molar-refractivity contribution in [3.63, 3.8) is 0 Å². The molecular weight excluding hydrogens is 456 g/mol. The van der Waals surface area contributed by atoms with E-state index in [0.29, 0.717) is 17.2 Å². The van der Waals surface area contributed by atoms with Crippen LogP contribution in [0.1, 0.15) is 45.5 Å². The van der Waals surface area contributed by atoms with Crippen LogP contribution in [0.5, 0.6) is 0 Å². The predicted molar refractivity (Wildman–Crippen MR) is 142 cm³/mol. The summed E-state index contributed by atoms with van der Waals surface area (Å²) < 4.78 is 26.5. The van der Waals surface area contributed by atoms with E-state index >= 15 is 0 Å². The summed E-state index contributed by atoms with van der Waals surface area (Å²) in [7, 11) is -3.46. The molecule has 1 saturated heterocycles. The van der Waals surface area contributed by atoms with Gasteiger partial charge in [0.15, 0.2) is 0 Å². The molecule has 5 nitrogen and oxygen atoms in total. The molecular formula is C29H34N2O3S. The third-order valence-electron chi connectivity index (χ3n) is 6.97. The van der Waals surface area contributed by atoms with Gasteiger partial charge < -0.3 is 4.90 Å². The second-order valence-electron chi connectivity index (χ2n) is 9.66. The van der Waals surface area contributed by atoms with E-state index in [1.54, 1.807) is 0 Å². The maximum absolute atomic E-state index is 13.1. The number of benzene rings is 3. The van der Waals surface area contributed by atoms with Crippen molar-refractivity contribution in [3.8, 4) is 0 Å². The summed E-state index contributed by atoms with van der Waals surface area (Å²) in [6.45, 7) is 5.75. The Bertz CT molecular complexity index is 1260. The molecule has 35 heavy (non-hydrogen) atoms. The summed E-state index contributed by atoms with van der Waals surface area (Å²) in [5.41, 5.74) is 5.66. The predicted octanol–water partition coefficient (Wildman–Crippen LogP) is 5.36. The fraction of sp³-hybridized carbons (Fsp3) is 0.345. The number of amides is 1. The van der Waals surface area contributed by atoms with E-state index < -0.39 is 10.0 Å². The molecule has 1 amide bonds. The van der Waals surface area contributed by atoms with Crippen molar-refractivity contribution in [2.75, 3.05) is 23.7 Å². The van der Waals surface area contributed by atoms with Crippen LogP contribution in [-0.2, 0) is 23.0 Å². The van der Waals surface area contributed by atoms with E-state index in [1.165, 1.54) is 16.1 Å². The number of rotatable bonds is 7. The van der Waals surface area contributed by atoms with Gasteiger partial charge in [-0.2, -0.15) is 0 Å². The average molecular weight is 491 g/mol. The Labute approximate surface area is 209 Å². The van der Waals surface area contributed by atoms with Crippen LogP contribution in [-0.4, -0.2) is 38.6 Å². The number of carbonyl (C=O) groups is 1. The standard InChI is InChI=1S/C29H34N2O3S/c1-22-9-14-28(19-23(22)2)31(35(3,33)34)21-26-10-12-27(13-11-26)29(32)30-17-15-25(16-18-30)20-24-7-5-4-6-8-24/h4-14,19,25H,15-18,20-21H2,1-3H3. The van der Waals surface area contributed by atoms with Crippen LogP contribution in [0.2, 0.25) is 0 Å². The summed E-state index contributed by atoms with van der Waals surface area (Å²) in [6, 6.07) is 23.5. The number of aryl methyl sites for hydroxylation is 2. The van der Waals surface area contributed by atoms with Crippen molar-refractivity contribution in [2.24, 2.45) is 5.92 Å². The van der Waals surface area contributed by atoms with Gasteiger partial charge in [-0.3, -0.25) is 9.10 Å². The molecule has 4 rings (SSSR count). The fourth-order valence-corrected chi connectivity index (χ4v) is 5.55. The maximum Gasteiger partial charge on any atom is 0.253 e. The highest BCUT2D eigenvalue weighted by atomic mass is 32.2. The lowest BCUT2D eigenvalue weighted by molar-refractivity contribution is 0.0690. The minimum atomic E-state index is -3.46. The van der Waals surface area contributed by atoms with Crippen LogP contribution in [0.15, 0.2) is 72.8 Å². The van der Waals surface area contributed by atoms with Gasteiger partial charge in [0.25, 0.3) is 5.91 Å². The van der Waals surface area contributed by atoms with Crippen molar-refractivity contribution in [2.45, 2.75) is 39.7 Å². The van der Waals surface area contributed by atoms with Crippen LogP contribution in [0, 0.1) is 19.8 Å². The average Bonchev–Trinajstić information content (AvgIpc) is 2.85. The summed E-state index contributed by atoms with van der Waals surface area (Å²) in [5, 5.41) is 0. The molecule has 0 radical (unpaired) electrons. The van der Waals surface area contributed by atoms with E-state index in [2.05, 4.69) is 24.3 Å². The Kier molecular flexibility index (Phi) is 7.60. The van der Waals surface area contributed by atoms with Crippen LogP contribution in [0.4, 0.5) is 5.69 Å². The molecule has 184 valence electrons. The molecule has 0 aromatic heterocycles. The molecule has 6 heteroatoms. The number of anilines is 1. The molecule has 0 atom stereocenters. The molecule has 0 aliphatic carbocycles. The minimum Gasteiger partial charge on any atom is -0.339 e. The second-order valence-corrected chi connectivity index (χ2v) is 11.6. The molecule has 0 spiro atoms. The van der Waals surface area contributed by atoms with Gasteiger partial charge >= 0.3 is 0 Å². The molecule has 1 heterocycles. The van der Waals surface area contributed by atoms with E-state index in [-0.39, 0.29) is 12.5 Å². The quantitative estimate of drug-likeness (QED) is 0.448. The molecule has 3 aromatic carbocycles. The van der Waals surface area contributed by atoms with Crippen LogP contribution < -0.4 is 4.31 Å². The topological polar surface area (TPSA) is 57.7 Å². The molecule has 0 unspecified atom stereocenters. The Balaban J connectivity index is 1.39. The molecule has 1 fully saturated rings. The number of carbonyl (C=O) groups excluding carboxylic acids is 1. The monoisotopic (exact) mass is 490 g/mol. The van der Waals surface area contributed by atoms with Crippen LogP contribution in [0.3, 0.4) is 0 Å². The second kappa shape index (κ2) is 10.6. The van der Waals surface area contributed by atoms with Gasteiger partial charge in [-0.15, -0.1) is 0 Å². The van der Waals surface area contributed by atoms with Gasteiger partial charge in [-0.25, -0.2) is 8.42 Å². The Morgan fingerprint density at radius 1 is 0.886 bits per heavy atom. The highest BCUT2D eigenvalue weighted by Crippen LogP contribution is 2.25. The van der Waals surface area contributed by atoms with Gasteiger partial charge in [0, 0.05) is 18.7 Å². The van der Waals surface area contributed by atoms with Crippen molar-refractivity contribution in [3.05, 3.63) is 101 Å². The van der Waals surface area contributed by atoms with Crippen LogP contribution in [0.25, 0.3) is 0 Å². The lowest BCUT2D eigenvalue weighted by atomic mass is 9.90. The smallest absolute Gasteiger partial charge is 0.253 e. The highest BCUT2D eigenvalue weighted by molar-refractivity contribution is 7.92.